The summed E-state index contributed by atoms with van der Waals surface area (Å²) in [7, 11) is -3.60. The smallest absolute Gasteiger partial charge is 0.185 e. The molecule has 0 aliphatic carbocycles. The van der Waals surface area contributed by atoms with E-state index in [1.54, 1.807) is 24.3 Å². The van der Waals surface area contributed by atoms with Crippen molar-refractivity contribution in [3.63, 3.8) is 0 Å². The zero-order chi connectivity index (χ0) is 15.0. The molecular weight excluding hydrogens is 359 g/mol. The van der Waals surface area contributed by atoms with E-state index in [-0.39, 0.29) is 9.91 Å². The van der Waals surface area contributed by atoms with Gasteiger partial charge in [-0.15, -0.1) is 0 Å². The van der Waals surface area contributed by atoms with Crippen LogP contribution in [-0.2, 0) is 9.84 Å². The molecule has 2 unspecified atom stereocenters. The highest BCUT2D eigenvalue weighted by Crippen LogP contribution is 2.43. The molecule has 0 N–H and O–H groups in total. The summed E-state index contributed by atoms with van der Waals surface area (Å²) in [4.78, 5) is 0.116. The number of sulfone groups is 1. The molecule has 0 spiro atoms. The Labute approximate surface area is 130 Å². The molecule has 0 aromatic heterocycles. The predicted molar refractivity (Wildman–Crippen MR) is 80.7 cm³/mol. The van der Waals surface area contributed by atoms with Crippen molar-refractivity contribution in [3.05, 3.63) is 59.9 Å². The van der Waals surface area contributed by atoms with E-state index in [9.17, 15) is 12.8 Å². The maximum atomic E-state index is 13.0. The van der Waals surface area contributed by atoms with Crippen LogP contribution in [0.15, 0.2) is 53.4 Å². The van der Waals surface area contributed by atoms with E-state index in [1.165, 1.54) is 12.1 Å². The van der Waals surface area contributed by atoms with Crippen molar-refractivity contribution in [2.45, 2.75) is 21.6 Å². The lowest BCUT2D eigenvalue weighted by molar-refractivity contribution is 0.257. The van der Waals surface area contributed by atoms with Crippen LogP contribution < -0.4 is 4.74 Å². The summed E-state index contributed by atoms with van der Waals surface area (Å²) in [6, 6.07) is 12.0. The molecule has 21 heavy (non-hydrogen) atoms. The summed E-state index contributed by atoms with van der Waals surface area (Å²) < 4.78 is 44.2. The van der Waals surface area contributed by atoms with Crippen molar-refractivity contribution in [2.75, 3.05) is 0 Å². The number of halogens is 2. The van der Waals surface area contributed by atoms with Gasteiger partial charge < -0.3 is 4.74 Å². The van der Waals surface area contributed by atoms with E-state index in [4.69, 9.17) is 4.74 Å². The highest BCUT2D eigenvalue weighted by atomic mass is 79.9. The minimum Gasteiger partial charge on any atom is -0.479 e. The van der Waals surface area contributed by atoms with Gasteiger partial charge in [0.05, 0.1) is 10.1 Å². The molecule has 0 fully saturated rings. The van der Waals surface area contributed by atoms with E-state index in [1.807, 2.05) is 0 Å². The summed E-state index contributed by atoms with van der Waals surface area (Å²) in [5.74, 6) is 0.0982. The first-order valence-electron chi connectivity index (χ1n) is 6.37. The third-order valence-electron chi connectivity index (χ3n) is 3.44. The summed E-state index contributed by atoms with van der Waals surface area (Å²) in [6.07, 6.45) is 0.302. The lowest BCUT2D eigenvalue weighted by atomic mass is 10.1. The number of hydrogen-bond acceptors (Lipinski definition) is 3. The van der Waals surface area contributed by atoms with Crippen LogP contribution in [0.25, 0.3) is 0 Å². The second-order valence-corrected chi connectivity index (χ2v) is 7.94. The standard InChI is InChI=1S/C15H12BrFO3S/c16-15-9-14(12-3-1-2-4-13(12)20-15)21(18,19)11-7-5-10(17)6-8-11/h1-8,14-15H,9H2. The van der Waals surface area contributed by atoms with Gasteiger partial charge in [0.1, 0.15) is 11.6 Å². The van der Waals surface area contributed by atoms with Crippen LogP contribution in [-0.4, -0.2) is 13.4 Å². The lowest BCUT2D eigenvalue weighted by Gasteiger charge is -2.29. The molecule has 0 radical (unpaired) electrons. The predicted octanol–water partition coefficient (Wildman–Crippen LogP) is 3.84. The number of benzene rings is 2. The lowest BCUT2D eigenvalue weighted by Crippen LogP contribution is -2.25. The molecule has 0 saturated carbocycles. The third-order valence-corrected chi connectivity index (χ3v) is 6.12. The molecule has 1 aliphatic heterocycles. The summed E-state index contributed by atoms with van der Waals surface area (Å²) in [5.41, 5.74) is 0.637. The van der Waals surface area contributed by atoms with Crippen molar-refractivity contribution < 1.29 is 17.5 Å². The average molecular weight is 371 g/mol. The van der Waals surface area contributed by atoms with Crippen LogP contribution in [0.1, 0.15) is 17.2 Å². The van der Waals surface area contributed by atoms with Gasteiger partial charge in [0, 0.05) is 12.0 Å². The van der Waals surface area contributed by atoms with Crippen molar-refractivity contribution >= 4 is 25.8 Å². The molecule has 1 heterocycles. The molecule has 3 rings (SSSR count). The first kappa shape index (κ1) is 14.5. The normalized spacial score (nSPS) is 21.4. The van der Waals surface area contributed by atoms with Gasteiger partial charge >= 0.3 is 0 Å². The summed E-state index contributed by atoms with van der Waals surface area (Å²) in [5, 5.41) is -1.08. The Morgan fingerprint density at radius 2 is 1.76 bits per heavy atom. The fourth-order valence-corrected chi connectivity index (χ4v) is 5.04. The molecular formula is C15H12BrFO3S. The van der Waals surface area contributed by atoms with E-state index in [0.29, 0.717) is 17.7 Å². The number of hydrogen-bond donors (Lipinski definition) is 0. The topological polar surface area (TPSA) is 43.4 Å². The monoisotopic (exact) mass is 370 g/mol. The number of rotatable bonds is 2. The second-order valence-electron chi connectivity index (χ2n) is 4.79. The first-order valence-corrected chi connectivity index (χ1v) is 8.84. The number of fused-ring (bicyclic) bond motifs is 1. The van der Waals surface area contributed by atoms with E-state index in [2.05, 4.69) is 15.9 Å². The molecule has 110 valence electrons. The third kappa shape index (κ3) is 2.70. The maximum absolute atomic E-state index is 13.0. The molecule has 6 heteroatoms. The second kappa shape index (κ2) is 5.42. The molecule has 0 amide bonds. The largest absolute Gasteiger partial charge is 0.479 e. The molecule has 2 aromatic rings. The Morgan fingerprint density at radius 3 is 2.48 bits per heavy atom. The fourth-order valence-electron chi connectivity index (χ4n) is 2.42. The molecule has 1 aliphatic rings. The van der Waals surface area contributed by atoms with Gasteiger partial charge in [0.2, 0.25) is 0 Å². The highest BCUT2D eigenvalue weighted by Gasteiger charge is 2.36. The average Bonchev–Trinajstić information content (AvgIpc) is 2.46. The molecule has 0 bridgehead atoms. The molecule has 2 atom stereocenters. The summed E-state index contributed by atoms with van der Waals surface area (Å²) in [6.45, 7) is 0. The van der Waals surface area contributed by atoms with Crippen molar-refractivity contribution in [3.8, 4) is 5.75 Å². The van der Waals surface area contributed by atoms with Gasteiger partial charge in [0.25, 0.3) is 0 Å². The number of para-hydroxylation sites is 1. The van der Waals surface area contributed by atoms with Crippen LogP contribution in [0, 0.1) is 5.82 Å². The SMILES string of the molecule is O=S(=O)(c1ccc(F)cc1)C1CC(Br)Oc2ccccc21. The molecule has 2 aromatic carbocycles. The van der Waals surface area contributed by atoms with E-state index >= 15 is 0 Å². The Bertz CT molecular complexity index is 759. The molecule has 3 nitrogen and oxygen atoms in total. The van der Waals surface area contributed by atoms with Crippen LogP contribution in [0.3, 0.4) is 0 Å². The zero-order valence-corrected chi connectivity index (χ0v) is 13.3. The van der Waals surface area contributed by atoms with Crippen LogP contribution in [0.5, 0.6) is 5.75 Å². The Kier molecular flexibility index (Phi) is 3.75. The summed E-state index contributed by atoms with van der Waals surface area (Å²) >= 11 is 3.33. The van der Waals surface area contributed by atoms with Gasteiger partial charge in [0.15, 0.2) is 14.9 Å². The Hall–Kier alpha value is -1.40. The van der Waals surface area contributed by atoms with Gasteiger partial charge in [-0.1, -0.05) is 18.2 Å². The highest BCUT2D eigenvalue weighted by molar-refractivity contribution is 9.09. The van der Waals surface area contributed by atoms with Crippen molar-refractivity contribution in [2.24, 2.45) is 0 Å². The van der Waals surface area contributed by atoms with E-state index in [0.717, 1.165) is 12.1 Å². The quantitative estimate of drug-likeness (QED) is 0.595. The minimum atomic E-state index is -3.60. The molecule has 0 saturated heterocycles. The van der Waals surface area contributed by atoms with Gasteiger partial charge in [-0.25, -0.2) is 12.8 Å². The fraction of sp³-hybridized carbons (Fsp3) is 0.200. The minimum absolute atomic E-state index is 0.116. The van der Waals surface area contributed by atoms with Crippen molar-refractivity contribution in [1.82, 2.24) is 0 Å². The maximum Gasteiger partial charge on any atom is 0.185 e. The van der Waals surface area contributed by atoms with Crippen LogP contribution >= 0.6 is 15.9 Å². The van der Waals surface area contributed by atoms with Crippen LogP contribution in [0.4, 0.5) is 4.39 Å². The van der Waals surface area contributed by atoms with Crippen LogP contribution in [0.2, 0.25) is 0 Å². The van der Waals surface area contributed by atoms with E-state index < -0.39 is 20.9 Å². The Morgan fingerprint density at radius 1 is 1.10 bits per heavy atom. The van der Waals surface area contributed by atoms with Gasteiger partial charge in [-0.3, -0.25) is 0 Å². The number of ether oxygens (including phenoxy) is 1. The van der Waals surface area contributed by atoms with Gasteiger partial charge in [-0.05, 0) is 46.3 Å². The number of alkyl halides is 1. The van der Waals surface area contributed by atoms with Crippen molar-refractivity contribution in [1.29, 1.82) is 0 Å². The Balaban J connectivity index is 2.09. The zero-order valence-electron chi connectivity index (χ0n) is 10.9. The van der Waals surface area contributed by atoms with Gasteiger partial charge in [-0.2, -0.15) is 0 Å². The first-order chi connectivity index (χ1) is 9.98.